The molecule has 1 heterocycles. The fourth-order valence-electron chi connectivity index (χ4n) is 2.72. The Hall–Kier alpha value is -3.22. The fourth-order valence-corrected chi connectivity index (χ4v) is 3.01. The first-order chi connectivity index (χ1) is 14.0. The van der Waals surface area contributed by atoms with E-state index >= 15 is 0 Å². The number of carbonyl (C=O) groups is 1. The van der Waals surface area contributed by atoms with Crippen LogP contribution < -0.4 is 5.32 Å². The van der Waals surface area contributed by atoms with Crippen LogP contribution in [0.3, 0.4) is 0 Å². The number of aromatic nitrogens is 3. The highest BCUT2D eigenvalue weighted by atomic mass is 35.5. The molecule has 0 saturated heterocycles. The summed E-state index contributed by atoms with van der Waals surface area (Å²) in [6, 6.07) is 20.1. The second-order valence-electron chi connectivity index (χ2n) is 6.07. The van der Waals surface area contributed by atoms with Crippen LogP contribution in [0.2, 0.25) is 10.0 Å². The van der Waals surface area contributed by atoms with Gasteiger partial charge in [-0.3, -0.25) is 4.79 Å². The minimum absolute atomic E-state index is 0.0460. The topological polar surface area (TPSA) is 59.8 Å². The molecule has 0 saturated carbocycles. The van der Waals surface area contributed by atoms with Crippen molar-refractivity contribution in [2.45, 2.75) is 0 Å². The van der Waals surface area contributed by atoms with Crippen LogP contribution in [-0.2, 0) is 0 Å². The molecule has 5 nitrogen and oxygen atoms in total. The van der Waals surface area contributed by atoms with E-state index in [9.17, 15) is 9.18 Å². The van der Waals surface area contributed by atoms with Crippen LogP contribution in [0, 0.1) is 5.82 Å². The summed E-state index contributed by atoms with van der Waals surface area (Å²) in [4.78, 5) is 17.0. The second kappa shape index (κ2) is 8.03. The summed E-state index contributed by atoms with van der Waals surface area (Å²) in [5, 5.41) is 7.55. The van der Waals surface area contributed by atoms with E-state index in [2.05, 4.69) is 15.4 Å². The van der Waals surface area contributed by atoms with Gasteiger partial charge in [0.1, 0.15) is 5.82 Å². The Morgan fingerprint density at radius 3 is 2.38 bits per heavy atom. The summed E-state index contributed by atoms with van der Waals surface area (Å²) in [5.41, 5.74) is 1.37. The van der Waals surface area contributed by atoms with Gasteiger partial charge in [-0.05, 0) is 30.3 Å². The zero-order valence-corrected chi connectivity index (χ0v) is 16.3. The molecule has 0 atom stereocenters. The van der Waals surface area contributed by atoms with Crippen molar-refractivity contribution in [3.05, 3.63) is 94.5 Å². The Kier molecular flexibility index (Phi) is 5.29. The van der Waals surface area contributed by atoms with Crippen LogP contribution in [-0.4, -0.2) is 20.7 Å². The largest absolute Gasteiger partial charge is 0.317 e. The van der Waals surface area contributed by atoms with Crippen LogP contribution in [0.25, 0.3) is 17.1 Å². The lowest BCUT2D eigenvalue weighted by Crippen LogP contribution is -2.15. The third-order valence-electron chi connectivity index (χ3n) is 4.11. The quantitative estimate of drug-likeness (QED) is 0.459. The summed E-state index contributed by atoms with van der Waals surface area (Å²) >= 11 is 12.2. The molecule has 0 spiro atoms. The zero-order chi connectivity index (χ0) is 20.4. The van der Waals surface area contributed by atoms with Crippen molar-refractivity contribution in [3.8, 4) is 17.1 Å². The average Bonchev–Trinajstić information content (AvgIpc) is 3.18. The van der Waals surface area contributed by atoms with Crippen molar-refractivity contribution in [1.29, 1.82) is 0 Å². The molecule has 144 valence electrons. The van der Waals surface area contributed by atoms with E-state index in [0.29, 0.717) is 21.6 Å². The van der Waals surface area contributed by atoms with Crippen molar-refractivity contribution in [1.82, 2.24) is 14.8 Å². The third kappa shape index (κ3) is 3.99. The Labute approximate surface area is 175 Å². The molecule has 1 aromatic heterocycles. The maximum atomic E-state index is 13.9. The summed E-state index contributed by atoms with van der Waals surface area (Å²) in [7, 11) is 0. The summed E-state index contributed by atoms with van der Waals surface area (Å²) in [5.74, 6) is -0.861. The molecule has 1 amide bonds. The maximum absolute atomic E-state index is 13.9. The van der Waals surface area contributed by atoms with Crippen molar-refractivity contribution in [2.75, 3.05) is 5.32 Å². The van der Waals surface area contributed by atoms with Gasteiger partial charge in [-0.25, -0.2) is 14.1 Å². The van der Waals surface area contributed by atoms with E-state index in [0.717, 1.165) is 5.56 Å². The number of hydrogen-bond acceptors (Lipinski definition) is 3. The predicted octanol–water partition coefficient (Wildman–Crippen LogP) is 5.63. The molecular formula is C21H13Cl2FN4O. The van der Waals surface area contributed by atoms with E-state index in [1.165, 1.54) is 22.9 Å². The maximum Gasteiger partial charge on any atom is 0.295 e. The molecule has 1 N–H and O–H groups in total. The number of carbonyl (C=O) groups excluding carboxylic acids is 1. The molecule has 3 aromatic carbocycles. The highest BCUT2D eigenvalue weighted by molar-refractivity contribution is 6.42. The number of amides is 1. The zero-order valence-electron chi connectivity index (χ0n) is 14.8. The van der Waals surface area contributed by atoms with E-state index < -0.39 is 11.7 Å². The van der Waals surface area contributed by atoms with Gasteiger partial charge >= 0.3 is 0 Å². The summed E-state index contributed by atoms with van der Waals surface area (Å²) < 4.78 is 15.4. The lowest BCUT2D eigenvalue weighted by atomic mass is 10.2. The molecule has 4 aromatic rings. The number of para-hydroxylation sites is 1. The molecule has 29 heavy (non-hydrogen) atoms. The number of nitrogens with zero attached hydrogens (tertiary/aromatic N) is 3. The Balaban J connectivity index is 1.78. The SMILES string of the molecule is O=C(Nc1ccccc1F)c1nc(-c2ccccc2)n(-c2ccc(Cl)c(Cl)c2)n1. The second-order valence-corrected chi connectivity index (χ2v) is 6.88. The molecule has 4 rings (SSSR count). The number of halogens is 3. The molecule has 0 radical (unpaired) electrons. The Morgan fingerprint density at radius 2 is 1.66 bits per heavy atom. The summed E-state index contributed by atoms with van der Waals surface area (Å²) in [6.07, 6.45) is 0. The minimum Gasteiger partial charge on any atom is -0.317 e. The minimum atomic E-state index is -0.633. The van der Waals surface area contributed by atoms with Crippen LogP contribution in [0.4, 0.5) is 10.1 Å². The van der Waals surface area contributed by atoms with Gasteiger partial charge in [-0.1, -0.05) is 65.7 Å². The van der Waals surface area contributed by atoms with Gasteiger partial charge in [0.25, 0.3) is 5.91 Å². The van der Waals surface area contributed by atoms with Crippen molar-refractivity contribution >= 4 is 34.8 Å². The van der Waals surface area contributed by atoms with Crippen molar-refractivity contribution in [3.63, 3.8) is 0 Å². The van der Waals surface area contributed by atoms with Gasteiger partial charge in [0.15, 0.2) is 5.82 Å². The Morgan fingerprint density at radius 1 is 0.931 bits per heavy atom. The van der Waals surface area contributed by atoms with Gasteiger partial charge in [0, 0.05) is 5.56 Å². The van der Waals surface area contributed by atoms with Crippen LogP contribution in [0.15, 0.2) is 72.8 Å². The average molecular weight is 427 g/mol. The highest BCUT2D eigenvalue weighted by Crippen LogP contribution is 2.27. The predicted molar refractivity (Wildman–Crippen MR) is 111 cm³/mol. The van der Waals surface area contributed by atoms with Gasteiger partial charge in [-0.2, -0.15) is 0 Å². The smallest absolute Gasteiger partial charge is 0.295 e. The third-order valence-corrected chi connectivity index (χ3v) is 4.85. The van der Waals surface area contributed by atoms with E-state index in [4.69, 9.17) is 23.2 Å². The van der Waals surface area contributed by atoms with Crippen LogP contribution >= 0.6 is 23.2 Å². The van der Waals surface area contributed by atoms with E-state index in [1.807, 2.05) is 30.3 Å². The normalized spacial score (nSPS) is 10.7. The standard InChI is InChI=1S/C21H13Cl2FN4O/c22-15-11-10-14(12-16(15)23)28-20(13-6-2-1-3-7-13)26-19(27-28)21(29)25-18-9-5-4-8-17(18)24/h1-12H,(H,25,29). The van der Waals surface area contributed by atoms with Crippen molar-refractivity contribution < 1.29 is 9.18 Å². The molecule has 0 aliphatic rings. The lowest BCUT2D eigenvalue weighted by molar-refractivity contribution is 0.101. The van der Waals surface area contributed by atoms with Gasteiger partial charge in [0.05, 0.1) is 21.4 Å². The molecule has 0 aliphatic carbocycles. The molecule has 0 bridgehead atoms. The van der Waals surface area contributed by atoms with Crippen molar-refractivity contribution in [2.24, 2.45) is 0 Å². The summed E-state index contributed by atoms with van der Waals surface area (Å²) in [6.45, 7) is 0. The van der Waals surface area contributed by atoms with Gasteiger partial charge in [0.2, 0.25) is 5.82 Å². The van der Waals surface area contributed by atoms with E-state index in [-0.39, 0.29) is 11.5 Å². The number of rotatable bonds is 4. The monoisotopic (exact) mass is 426 g/mol. The van der Waals surface area contributed by atoms with Gasteiger partial charge < -0.3 is 5.32 Å². The van der Waals surface area contributed by atoms with Crippen LogP contribution in [0.5, 0.6) is 0 Å². The van der Waals surface area contributed by atoms with Crippen LogP contribution in [0.1, 0.15) is 10.6 Å². The number of hydrogen-bond donors (Lipinski definition) is 1. The Bertz CT molecular complexity index is 1190. The number of nitrogens with one attached hydrogen (secondary N) is 1. The van der Waals surface area contributed by atoms with Gasteiger partial charge in [-0.15, -0.1) is 5.10 Å². The molecular weight excluding hydrogens is 414 g/mol. The molecule has 0 unspecified atom stereocenters. The molecule has 8 heteroatoms. The fraction of sp³-hybridized carbons (Fsp3) is 0. The van der Waals surface area contributed by atoms with E-state index in [1.54, 1.807) is 24.3 Å². The first-order valence-corrected chi connectivity index (χ1v) is 9.32. The first kappa shape index (κ1) is 19.1. The highest BCUT2D eigenvalue weighted by Gasteiger charge is 2.20. The molecule has 0 aliphatic heterocycles. The molecule has 0 fully saturated rings. The lowest BCUT2D eigenvalue weighted by Gasteiger charge is -2.07. The number of anilines is 1. The first-order valence-electron chi connectivity index (χ1n) is 8.57. The number of benzene rings is 3.